The van der Waals surface area contributed by atoms with E-state index >= 15 is 0 Å². The van der Waals surface area contributed by atoms with E-state index in [4.69, 9.17) is 0 Å². The van der Waals surface area contributed by atoms with Crippen LogP contribution in [0.2, 0.25) is 0 Å². The highest BCUT2D eigenvalue weighted by molar-refractivity contribution is 5.88. The van der Waals surface area contributed by atoms with E-state index in [0.29, 0.717) is 0 Å². The smallest absolute Gasteiger partial charge is 0.198 e. The van der Waals surface area contributed by atoms with Gasteiger partial charge in [-0.3, -0.25) is 0 Å². The topological polar surface area (TPSA) is 0 Å². The fraction of sp³-hybridized carbons (Fsp3) is 0.167. The first-order valence-electron chi connectivity index (χ1n) is 5.13. The van der Waals surface area contributed by atoms with E-state index in [-0.39, 0.29) is 6.42 Å². The molecule has 0 atom stereocenters. The van der Waals surface area contributed by atoms with Crippen LogP contribution in [0.25, 0.3) is 10.8 Å². The Balaban J connectivity index is 3.21. The molecule has 2 aromatic rings. The Kier molecular flexibility index (Phi) is 3.15. The standard InChI is InChI=1S/C12H5F7/c1-2-3-4-5(8(15)10(17)6(3)13)9(16)12(19)11(18)7(4)14/h2H2,1H3. The third-order valence-corrected chi connectivity index (χ3v) is 2.79. The summed E-state index contributed by atoms with van der Waals surface area (Å²) in [5.74, 6) is -14.4. The van der Waals surface area contributed by atoms with Crippen molar-refractivity contribution in [3.63, 3.8) is 0 Å². The lowest BCUT2D eigenvalue weighted by molar-refractivity contribution is 0.409. The van der Waals surface area contributed by atoms with E-state index in [9.17, 15) is 30.7 Å². The molecule has 0 aliphatic heterocycles. The van der Waals surface area contributed by atoms with E-state index < -0.39 is 57.1 Å². The minimum atomic E-state index is -2.28. The van der Waals surface area contributed by atoms with E-state index in [2.05, 4.69) is 0 Å². The van der Waals surface area contributed by atoms with Gasteiger partial charge in [-0.2, -0.15) is 0 Å². The summed E-state index contributed by atoms with van der Waals surface area (Å²) in [4.78, 5) is 0. The third kappa shape index (κ3) is 1.67. The van der Waals surface area contributed by atoms with Crippen molar-refractivity contribution < 1.29 is 30.7 Å². The third-order valence-electron chi connectivity index (χ3n) is 2.79. The average molecular weight is 282 g/mol. The first kappa shape index (κ1) is 13.6. The Hall–Kier alpha value is -1.79. The Bertz CT molecular complexity index is 683. The summed E-state index contributed by atoms with van der Waals surface area (Å²) in [6.45, 7) is 1.24. The Labute approximate surface area is 102 Å². The molecule has 102 valence electrons. The maximum atomic E-state index is 13.5. The molecular formula is C12H5F7. The highest BCUT2D eigenvalue weighted by Crippen LogP contribution is 2.34. The lowest BCUT2D eigenvalue weighted by Crippen LogP contribution is -2.07. The molecule has 19 heavy (non-hydrogen) atoms. The van der Waals surface area contributed by atoms with Crippen LogP contribution >= 0.6 is 0 Å². The fourth-order valence-corrected chi connectivity index (χ4v) is 1.90. The fourth-order valence-electron chi connectivity index (χ4n) is 1.90. The molecule has 0 fully saturated rings. The molecule has 0 aromatic heterocycles. The summed E-state index contributed by atoms with van der Waals surface area (Å²) in [5.41, 5.74) is -0.760. The minimum absolute atomic E-state index is 0.360. The molecule has 0 saturated carbocycles. The van der Waals surface area contributed by atoms with Crippen molar-refractivity contribution in [3.05, 3.63) is 46.3 Å². The first-order valence-corrected chi connectivity index (χ1v) is 5.13. The monoisotopic (exact) mass is 282 g/mol. The van der Waals surface area contributed by atoms with Gasteiger partial charge in [0, 0.05) is 10.9 Å². The van der Waals surface area contributed by atoms with Crippen molar-refractivity contribution in [2.24, 2.45) is 0 Å². The first-order chi connectivity index (χ1) is 8.82. The molecule has 0 radical (unpaired) electrons. The number of fused-ring (bicyclic) bond motifs is 1. The van der Waals surface area contributed by atoms with Gasteiger partial charge >= 0.3 is 0 Å². The van der Waals surface area contributed by atoms with Crippen LogP contribution in [0.3, 0.4) is 0 Å². The van der Waals surface area contributed by atoms with E-state index in [1.807, 2.05) is 0 Å². The van der Waals surface area contributed by atoms with E-state index in [1.165, 1.54) is 6.92 Å². The van der Waals surface area contributed by atoms with Crippen LogP contribution in [0.15, 0.2) is 0 Å². The van der Waals surface area contributed by atoms with E-state index in [0.717, 1.165) is 0 Å². The second-order valence-corrected chi connectivity index (χ2v) is 3.78. The molecule has 2 rings (SSSR count). The maximum Gasteiger partial charge on any atom is 0.198 e. The van der Waals surface area contributed by atoms with Gasteiger partial charge < -0.3 is 0 Å². The average Bonchev–Trinajstić information content (AvgIpc) is 2.40. The quantitative estimate of drug-likeness (QED) is 0.414. The van der Waals surface area contributed by atoms with Crippen molar-refractivity contribution in [2.75, 3.05) is 0 Å². The molecule has 0 saturated heterocycles. The molecule has 2 aromatic carbocycles. The zero-order valence-electron chi connectivity index (χ0n) is 9.35. The van der Waals surface area contributed by atoms with Gasteiger partial charge in [0.05, 0.1) is 5.39 Å². The van der Waals surface area contributed by atoms with Gasteiger partial charge in [-0.25, -0.2) is 30.7 Å². The molecule has 0 heterocycles. The van der Waals surface area contributed by atoms with Crippen LogP contribution in [0.4, 0.5) is 30.7 Å². The van der Waals surface area contributed by atoms with Gasteiger partial charge in [-0.1, -0.05) is 6.92 Å². The van der Waals surface area contributed by atoms with Crippen LogP contribution in [0.1, 0.15) is 12.5 Å². The summed E-state index contributed by atoms with van der Waals surface area (Å²) in [6, 6.07) is 0. The van der Waals surface area contributed by atoms with Crippen LogP contribution in [-0.2, 0) is 6.42 Å². The lowest BCUT2D eigenvalue weighted by Gasteiger charge is -2.11. The number of benzene rings is 2. The second-order valence-electron chi connectivity index (χ2n) is 3.78. The van der Waals surface area contributed by atoms with Gasteiger partial charge in [0.1, 0.15) is 0 Å². The highest BCUT2D eigenvalue weighted by atomic mass is 19.2. The summed E-state index contributed by atoms with van der Waals surface area (Å²) >= 11 is 0. The second kappa shape index (κ2) is 4.40. The largest absolute Gasteiger partial charge is 0.203 e. The Morgan fingerprint density at radius 3 is 1.32 bits per heavy atom. The van der Waals surface area contributed by atoms with Gasteiger partial charge in [-0.15, -0.1) is 0 Å². The lowest BCUT2D eigenvalue weighted by atomic mass is 9.99. The van der Waals surface area contributed by atoms with Gasteiger partial charge in [0.2, 0.25) is 0 Å². The van der Waals surface area contributed by atoms with Crippen LogP contribution in [0.5, 0.6) is 0 Å². The number of rotatable bonds is 1. The normalized spacial score (nSPS) is 11.4. The summed E-state index contributed by atoms with van der Waals surface area (Å²) in [7, 11) is 0. The Morgan fingerprint density at radius 2 is 0.895 bits per heavy atom. The molecule has 0 bridgehead atoms. The number of hydrogen-bond donors (Lipinski definition) is 0. The van der Waals surface area contributed by atoms with Crippen molar-refractivity contribution >= 4 is 10.8 Å². The van der Waals surface area contributed by atoms with Crippen molar-refractivity contribution in [1.29, 1.82) is 0 Å². The van der Waals surface area contributed by atoms with Crippen LogP contribution in [-0.4, -0.2) is 0 Å². The molecule has 0 nitrogen and oxygen atoms in total. The predicted octanol–water partition coefficient (Wildman–Crippen LogP) is 4.38. The van der Waals surface area contributed by atoms with Crippen molar-refractivity contribution in [2.45, 2.75) is 13.3 Å². The molecule has 0 aliphatic carbocycles. The zero-order valence-corrected chi connectivity index (χ0v) is 9.35. The van der Waals surface area contributed by atoms with Gasteiger partial charge in [-0.05, 0) is 6.42 Å². The Morgan fingerprint density at radius 1 is 0.526 bits per heavy atom. The van der Waals surface area contributed by atoms with Gasteiger partial charge in [0.25, 0.3) is 0 Å². The molecule has 0 spiro atoms. The molecule has 0 aliphatic rings. The number of hydrogen-bond acceptors (Lipinski definition) is 0. The van der Waals surface area contributed by atoms with Crippen molar-refractivity contribution in [3.8, 4) is 0 Å². The zero-order chi connectivity index (χ0) is 14.5. The summed E-state index contributed by atoms with van der Waals surface area (Å²) in [6.07, 6.45) is -0.360. The molecule has 7 heteroatoms. The molecule has 0 amide bonds. The predicted molar refractivity (Wildman–Crippen MR) is 53.0 cm³/mol. The van der Waals surface area contributed by atoms with Crippen LogP contribution < -0.4 is 0 Å². The van der Waals surface area contributed by atoms with E-state index in [1.54, 1.807) is 0 Å². The van der Waals surface area contributed by atoms with Gasteiger partial charge in [0.15, 0.2) is 40.7 Å². The SMILES string of the molecule is CCc1c(F)c(F)c(F)c2c(F)c(F)c(F)c(F)c12. The summed E-state index contributed by atoms with van der Waals surface area (Å²) < 4.78 is 93.1. The highest BCUT2D eigenvalue weighted by Gasteiger charge is 2.29. The molecular weight excluding hydrogens is 277 g/mol. The molecule has 0 unspecified atom stereocenters. The summed E-state index contributed by atoms with van der Waals surface area (Å²) in [5, 5.41) is -2.57. The number of aryl methyl sites for hydroxylation is 1. The minimum Gasteiger partial charge on any atom is -0.203 e. The van der Waals surface area contributed by atoms with Crippen molar-refractivity contribution in [1.82, 2.24) is 0 Å². The maximum absolute atomic E-state index is 13.5. The number of halogens is 7. The molecule has 0 N–H and O–H groups in total. The van der Waals surface area contributed by atoms with Crippen LogP contribution in [0, 0.1) is 40.7 Å².